The summed E-state index contributed by atoms with van der Waals surface area (Å²) in [6.45, 7) is 1.15. The maximum atomic E-state index is 12.8. The van der Waals surface area contributed by atoms with Crippen LogP contribution in [0.2, 0.25) is 0 Å². The number of esters is 1. The van der Waals surface area contributed by atoms with Gasteiger partial charge in [0.15, 0.2) is 0 Å². The van der Waals surface area contributed by atoms with Crippen molar-refractivity contribution >= 4 is 23.5 Å². The van der Waals surface area contributed by atoms with Crippen LogP contribution >= 0.6 is 11.6 Å². The van der Waals surface area contributed by atoms with E-state index < -0.39 is 0 Å². The van der Waals surface area contributed by atoms with Gasteiger partial charge in [0.2, 0.25) is 5.91 Å². The van der Waals surface area contributed by atoms with Crippen molar-refractivity contribution in [1.82, 2.24) is 10.2 Å². The summed E-state index contributed by atoms with van der Waals surface area (Å²) in [5.74, 6) is 1.18. The summed E-state index contributed by atoms with van der Waals surface area (Å²) in [5, 5.41) is 12.4. The molecule has 4 unspecified atom stereocenters. The zero-order chi connectivity index (χ0) is 20.2. The SMILES string of the molecule is N#C[C@@H]1CCCN1C(=O)C1CC(OC(=O)CC23CC4CC(CC(Cl)(C4)C2)C3)CN1. The Labute approximate surface area is 177 Å². The van der Waals surface area contributed by atoms with Crippen LogP contribution in [-0.4, -0.2) is 52.9 Å². The van der Waals surface area contributed by atoms with E-state index in [-0.39, 0.29) is 40.4 Å². The van der Waals surface area contributed by atoms with Crippen LogP contribution in [0.4, 0.5) is 0 Å². The summed E-state index contributed by atoms with van der Waals surface area (Å²) < 4.78 is 5.80. The number of alkyl halides is 1. The van der Waals surface area contributed by atoms with Crippen molar-refractivity contribution in [2.24, 2.45) is 17.3 Å². The number of nitriles is 1. The fourth-order valence-corrected chi connectivity index (χ4v) is 8.14. The van der Waals surface area contributed by atoms with Crippen LogP contribution < -0.4 is 5.32 Å². The molecule has 158 valence electrons. The van der Waals surface area contributed by atoms with Crippen molar-refractivity contribution in [2.45, 2.75) is 87.3 Å². The predicted octanol–water partition coefficient (Wildman–Crippen LogP) is 2.74. The minimum atomic E-state index is -0.354. The molecule has 0 radical (unpaired) electrons. The second kappa shape index (κ2) is 7.13. The Bertz CT molecular complexity index is 736. The van der Waals surface area contributed by atoms with E-state index in [1.165, 1.54) is 6.42 Å². The molecule has 29 heavy (non-hydrogen) atoms. The Hall–Kier alpha value is -1.32. The first-order chi connectivity index (χ1) is 13.9. The Kier molecular flexibility index (Phi) is 4.83. The van der Waals surface area contributed by atoms with Crippen molar-refractivity contribution in [2.75, 3.05) is 13.1 Å². The Balaban J connectivity index is 1.16. The third-order valence-electron chi connectivity index (χ3n) is 8.00. The standard InChI is InChI=1S/C22H30ClN3O3/c23-22-8-14-4-15(9-22)7-21(6-14,13-22)10-19(27)29-17-5-18(25-12-17)20(28)26-3-1-2-16(26)11-24/h14-18,25H,1-10,12-13H2/t14?,15?,16-,17?,18?,21?,22?/m0/s1. The molecule has 6 rings (SSSR count). The summed E-state index contributed by atoms with van der Waals surface area (Å²) >= 11 is 6.89. The van der Waals surface area contributed by atoms with Gasteiger partial charge in [0.25, 0.3) is 0 Å². The molecule has 6 aliphatic rings. The number of carbonyl (C=O) groups is 2. The summed E-state index contributed by atoms with van der Waals surface area (Å²) in [4.78, 5) is 27.1. The van der Waals surface area contributed by atoms with E-state index in [1.54, 1.807) is 4.90 Å². The average molecular weight is 420 g/mol. The fourth-order valence-electron chi connectivity index (χ4n) is 7.42. The molecule has 0 aromatic carbocycles. The second-order valence-corrected chi connectivity index (χ2v) is 11.2. The Morgan fingerprint density at radius 1 is 1.21 bits per heavy atom. The fraction of sp³-hybridized carbons (Fsp3) is 0.864. The number of halogens is 1. The van der Waals surface area contributed by atoms with E-state index in [0.717, 1.165) is 44.9 Å². The molecule has 4 saturated carbocycles. The smallest absolute Gasteiger partial charge is 0.306 e. The van der Waals surface area contributed by atoms with Gasteiger partial charge in [0.05, 0.1) is 18.5 Å². The molecule has 7 heteroatoms. The lowest BCUT2D eigenvalue weighted by molar-refractivity contribution is -0.156. The van der Waals surface area contributed by atoms with Gasteiger partial charge in [-0.25, -0.2) is 0 Å². The van der Waals surface area contributed by atoms with Crippen LogP contribution in [0, 0.1) is 28.6 Å². The number of nitrogens with zero attached hydrogens (tertiary/aromatic N) is 2. The quantitative estimate of drug-likeness (QED) is 0.559. The largest absolute Gasteiger partial charge is 0.461 e. The molecule has 4 bridgehead atoms. The summed E-state index contributed by atoms with van der Waals surface area (Å²) in [6, 6.07) is 1.55. The number of hydrogen-bond acceptors (Lipinski definition) is 5. The van der Waals surface area contributed by atoms with Gasteiger partial charge in [-0.2, -0.15) is 5.26 Å². The lowest BCUT2D eigenvalue weighted by Gasteiger charge is -2.60. The van der Waals surface area contributed by atoms with Crippen molar-refractivity contribution in [3.8, 4) is 6.07 Å². The van der Waals surface area contributed by atoms with Gasteiger partial charge in [0.1, 0.15) is 12.1 Å². The Morgan fingerprint density at radius 3 is 2.66 bits per heavy atom. The lowest BCUT2D eigenvalue weighted by atomic mass is 9.48. The zero-order valence-corrected chi connectivity index (χ0v) is 17.6. The van der Waals surface area contributed by atoms with E-state index >= 15 is 0 Å². The van der Waals surface area contributed by atoms with Gasteiger partial charge >= 0.3 is 5.97 Å². The number of ether oxygens (including phenoxy) is 1. The molecule has 2 saturated heterocycles. The molecule has 2 heterocycles. The minimum absolute atomic E-state index is 0.0275. The van der Waals surface area contributed by atoms with E-state index in [9.17, 15) is 14.9 Å². The molecular weight excluding hydrogens is 390 g/mol. The number of rotatable bonds is 4. The first-order valence-electron chi connectivity index (χ1n) is 11.2. The highest BCUT2D eigenvalue weighted by Crippen LogP contribution is 2.64. The van der Waals surface area contributed by atoms with Crippen LogP contribution in [0.1, 0.15) is 64.2 Å². The first-order valence-corrected chi connectivity index (χ1v) is 11.6. The van der Waals surface area contributed by atoms with Crippen molar-refractivity contribution < 1.29 is 14.3 Å². The normalized spacial score (nSPS) is 45.4. The van der Waals surface area contributed by atoms with Crippen LogP contribution in [0.15, 0.2) is 0 Å². The number of amides is 1. The van der Waals surface area contributed by atoms with Crippen molar-refractivity contribution in [1.29, 1.82) is 5.26 Å². The number of likely N-dealkylation sites (tertiary alicyclic amines) is 1. The van der Waals surface area contributed by atoms with Gasteiger partial charge in [0, 0.05) is 24.4 Å². The number of hydrogen-bond donors (Lipinski definition) is 1. The molecule has 0 aromatic heterocycles. The summed E-state index contributed by atoms with van der Waals surface area (Å²) in [7, 11) is 0. The molecule has 6 nitrogen and oxygen atoms in total. The monoisotopic (exact) mass is 419 g/mol. The van der Waals surface area contributed by atoms with Gasteiger partial charge in [-0.05, 0) is 68.6 Å². The number of carbonyl (C=O) groups excluding carboxylic acids is 2. The molecule has 0 aromatic rings. The molecule has 5 atom stereocenters. The van der Waals surface area contributed by atoms with Crippen LogP contribution in [-0.2, 0) is 14.3 Å². The molecule has 1 N–H and O–H groups in total. The van der Waals surface area contributed by atoms with Crippen LogP contribution in [0.3, 0.4) is 0 Å². The van der Waals surface area contributed by atoms with Gasteiger partial charge in [-0.1, -0.05) is 0 Å². The maximum Gasteiger partial charge on any atom is 0.306 e. The van der Waals surface area contributed by atoms with Gasteiger partial charge in [-0.3, -0.25) is 9.59 Å². The molecular formula is C22H30ClN3O3. The Morgan fingerprint density at radius 2 is 1.97 bits per heavy atom. The predicted molar refractivity (Wildman–Crippen MR) is 107 cm³/mol. The molecule has 1 amide bonds. The van der Waals surface area contributed by atoms with Crippen molar-refractivity contribution in [3.63, 3.8) is 0 Å². The van der Waals surface area contributed by atoms with Crippen LogP contribution in [0.25, 0.3) is 0 Å². The topological polar surface area (TPSA) is 82.4 Å². The lowest BCUT2D eigenvalue weighted by Crippen LogP contribution is -2.53. The van der Waals surface area contributed by atoms with Gasteiger partial charge < -0.3 is 15.0 Å². The van der Waals surface area contributed by atoms with E-state index in [1.807, 2.05) is 0 Å². The molecule has 6 fully saturated rings. The summed E-state index contributed by atoms with van der Waals surface area (Å²) in [5.41, 5.74) is 0.0275. The first kappa shape index (κ1) is 19.6. The zero-order valence-electron chi connectivity index (χ0n) is 16.9. The maximum absolute atomic E-state index is 12.8. The highest BCUT2D eigenvalue weighted by molar-refractivity contribution is 6.24. The molecule has 0 spiro atoms. The average Bonchev–Trinajstić information content (AvgIpc) is 3.27. The summed E-state index contributed by atoms with van der Waals surface area (Å²) in [6.07, 6.45) is 8.99. The third-order valence-corrected chi connectivity index (χ3v) is 8.44. The van der Waals surface area contributed by atoms with Crippen LogP contribution in [0.5, 0.6) is 0 Å². The van der Waals surface area contributed by atoms with E-state index in [0.29, 0.717) is 37.8 Å². The highest BCUT2D eigenvalue weighted by Gasteiger charge is 2.57. The van der Waals surface area contributed by atoms with Gasteiger partial charge in [-0.15, -0.1) is 11.6 Å². The highest BCUT2D eigenvalue weighted by atomic mass is 35.5. The minimum Gasteiger partial charge on any atom is -0.461 e. The molecule has 4 aliphatic carbocycles. The third kappa shape index (κ3) is 3.65. The van der Waals surface area contributed by atoms with E-state index in [2.05, 4.69) is 11.4 Å². The van der Waals surface area contributed by atoms with Crippen molar-refractivity contribution in [3.05, 3.63) is 0 Å². The number of nitrogens with one attached hydrogen (secondary N) is 1. The van der Waals surface area contributed by atoms with E-state index in [4.69, 9.17) is 16.3 Å². The molecule has 2 aliphatic heterocycles. The second-order valence-electron chi connectivity index (χ2n) is 10.4.